The van der Waals surface area contributed by atoms with Gasteiger partial charge in [-0.15, -0.1) is 0 Å². The largest absolute Gasteiger partial charge is 0.370 e. The molecular formula is C17H28N4S. The molecule has 1 saturated heterocycles. The normalized spacial score (nSPS) is 16.5. The molecule has 0 aromatic heterocycles. The van der Waals surface area contributed by atoms with Gasteiger partial charge in [0.1, 0.15) is 0 Å². The third-order valence-corrected chi connectivity index (χ3v) is 4.43. The second-order valence-electron chi connectivity index (χ2n) is 6.57. The third-order valence-electron chi connectivity index (χ3n) is 3.49. The molecule has 1 aromatic rings. The molecule has 4 nitrogen and oxygen atoms in total. The van der Waals surface area contributed by atoms with Crippen LogP contribution >= 0.6 is 11.8 Å². The highest BCUT2D eigenvalue weighted by Gasteiger charge is 2.12. The minimum Gasteiger partial charge on any atom is -0.370 e. The number of thioether (sulfide) groups is 1. The molecule has 0 unspecified atom stereocenters. The fourth-order valence-electron chi connectivity index (χ4n) is 2.37. The summed E-state index contributed by atoms with van der Waals surface area (Å²) in [6.45, 7) is 9.49. The molecule has 22 heavy (non-hydrogen) atoms. The monoisotopic (exact) mass is 320 g/mol. The molecule has 2 N–H and O–H groups in total. The van der Waals surface area contributed by atoms with Crippen molar-refractivity contribution in [2.75, 3.05) is 36.5 Å². The highest BCUT2D eigenvalue weighted by molar-refractivity contribution is 7.99. The van der Waals surface area contributed by atoms with E-state index < -0.39 is 0 Å². The van der Waals surface area contributed by atoms with Gasteiger partial charge < -0.3 is 15.5 Å². The van der Waals surface area contributed by atoms with Gasteiger partial charge in [-0.05, 0) is 38.5 Å². The van der Waals surface area contributed by atoms with Gasteiger partial charge in [0.15, 0.2) is 5.96 Å². The van der Waals surface area contributed by atoms with E-state index in [1.54, 1.807) is 7.05 Å². The zero-order valence-electron chi connectivity index (χ0n) is 14.1. The van der Waals surface area contributed by atoms with Crippen molar-refractivity contribution in [2.45, 2.75) is 32.9 Å². The Morgan fingerprint density at radius 3 is 2.36 bits per heavy atom. The summed E-state index contributed by atoms with van der Waals surface area (Å²) in [5.74, 6) is 3.31. The number of hydrogen-bond acceptors (Lipinski definition) is 3. The van der Waals surface area contributed by atoms with Crippen molar-refractivity contribution in [3.63, 3.8) is 0 Å². The Labute approximate surface area is 138 Å². The molecule has 0 saturated carbocycles. The maximum atomic E-state index is 4.26. The molecule has 2 rings (SSSR count). The highest BCUT2D eigenvalue weighted by Crippen LogP contribution is 2.19. The van der Waals surface area contributed by atoms with Gasteiger partial charge in [0.2, 0.25) is 0 Å². The topological polar surface area (TPSA) is 39.7 Å². The Kier molecular flexibility index (Phi) is 6.00. The molecule has 0 aliphatic carbocycles. The number of anilines is 1. The maximum Gasteiger partial charge on any atom is 0.191 e. The van der Waals surface area contributed by atoms with Gasteiger partial charge in [-0.2, -0.15) is 11.8 Å². The van der Waals surface area contributed by atoms with E-state index >= 15 is 0 Å². The molecule has 0 spiro atoms. The van der Waals surface area contributed by atoms with Crippen LogP contribution in [0.25, 0.3) is 0 Å². The van der Waals surface area contributed by atoms with Gasteiger partial charge in [-0.3, -0.25) is 4.99 Å². The van der Waals surface area contributed by atoms with Crippen LogP contribution in [0.1, 0.15) is 26.3 Å². The average molecular weight is 321 g/mol. The minimum absolute atomic E-state index is 0.0119. The molecular weight excluding hydrogens is 292 g/mol. The van der Waals surface area contributed by atoms with E-state index in [0.29, 0.717) is 0 Å². The zero-order valence-corrected chi connectivity index (χ0v) is 15.0. The predicted molar refractivity (Wildman–Crippen MR) is 99.1 cm³/mol. The Balaban J connectivity index is 1.88. The lowest BCUT2D eigenvalue weighted by Gasteiger charge is -2.28. The Morgan fingerprint density at radius 1 is 1.18 bits per heavy atom. The van der Waals surface area contributed by atoms with Crippen molar-refractivity contribution in [1.82, 2.24) is 10.6 Å². The van der Waals surface area contributed by atoms with Crippen molar-refractivity contribution in [3.05, 3.63) is 29.8 Å². The lowest BCUT2D eigenvalue weighted by Crippen LogP contribution is -2.47. The predicted octanol–water partition coefficient (Wildman–Crippen LogP) is 2.70. The van der Waals surface area contributed by atoms with E-state index in [1.165, 1.54) is 22.8 Å². The van der Waals surface area contributed by atoms with Crippen molar-refractivity contribution in [1.29, 1.82) is 0 Å². The fourth-order valence-corrected chi connectivity index (χ4v) is 3.27. The van der Waals surface area contributed by atoms with E-state index in [2.05, 4.69) is 65.6 Å². The molecule has 1 aliphatic rings. The lowest BCUT2D eigenvalue weighted by molar-refractivity contribution is 0.501. The van der Waals surface area contributed by atoms with Gasteiger partial charge in [-0.1, -0.05) is 12.1 Å². The number of nitrogens with zero attached hydrogens (tertiary/aromatic N) is 2. The average Bonchev–Trinajstić information content (AvgIpc) is 2.52. The lowest BCUT2D eigenvalue weighted by atomic mass is 10.1. The molecule has 1 aliphatic heterocycles. The number of aliphatic imine (C=N–C) groups is 1. The molecule has 1 heterocycles. The van der Waals surface area contributed by atoms with Crippen LogP contribution in [0.3, 0.4) is 0 Å². The van der Waals surface area contributed by atoms with Gasteiger partial charge >= 0.3 is 0 Å². The first-order chi connectivity index (χ1) is 10.5. The van der Waals surface area contributed by atoms with Crippen LogP contribution < -0.4 is 15.5 Å². The summed E-state index contributed by atoms with van der Waals surface area (Å²) in [5, 5.41) is 6.73. The van der Waals surface area contributed by atoms with Crippen LogP contribution in [0.4, 0.5) is 5.69 Å². The Hall–Kier alpha value is -1.36. The number of nitrogens with one attached hydrogen (secondary N) is 2. The van der Waals surface area contributed by atoms with E-state index in [9.17, 15) is 0 Å². The first kappa shape index (κ1) is 17.0. The summed E-state index contributed by atoms with van der Waals surface area (Å²) in [6.07, 6.45) is 0. The summed E-state index contributed by atoms with van der Waals surface area (Å²) in [5.41, 5.74) is 2.62. The van der Waals surface area contributed by atoms with Crippen LogP contribution in [0.5, 0.6) is 0 Å². The summed E-state index contributed by atoms with van der Waals surface area (Å²) >= 11 is 2.04. The van der Waals surface area contributed by atoms with Gasteiger partial charge in [0.25, 0.3) is 0 Å². The van der Waals surface area contributed by atoms with E-state index in [-0.39, 0.29) is 5.54 Å². The van der Waals surface area contributed by atoms with Crippen LogP contribution in [-0.2, 0) is 6.54 Å². The second kappa shape index (κ2) is 7.77. The molecule has 0 bridgehead atoms. The Bertz CT molecular complexity index is 484. The summed E-state index contributed by atoms with van der Waals surface area (Å²) < 4.78 is 0. The summed E-state index contributed by atoms with van der Waals surface area (Å²) in [7, 11) is 1.80. The van der Waals surface area contributed by atoms with E-state index in [1.807, 2.05) is 11.8 Å². The van der Waals surface area contributed by atoms with Gasteiger partial charge in [0, 0.05) is 49.4 Å². The third kappa shape index (κ3) is 5.44. The molecule has 0 atom stereocenters. The van der Waals surface area contributed by atoms with Crippen LogP contribution in [0, 0.1) is 0 Å². The van der Waals surface area contributed by atoms with Crippen LogP contribution in [-0.4, -0.2) is 43.1 Å². The molecule has 1 fully saturated rings. The quantitative estimate of drug-likeness (QED) is 0.663. The zero-order chi connectivity index (χ0) is 16.0. The van der Waals surface area contributed by atoms with Crippen molar-refractivity contribution in [3.8, 4) is 0 Å². The smallest absolute Gasteiger partial charge is 0.191 e. The summed E-state index contributed by atoms with van der Waals surface area (Å²) in [4.78, 5) is 6.73. The maximum absolute atomic E-state index is 4.26. The van der Waals surface area contributed by atoms with E-state index in [0.717, 1.165) is 25.6 Å². The second-order valence-corrected chi connectivity index (χ2v) is 7.79. The number of rotatable bonds is 3. The molecule has 0 amide bonds. The standard InChI is InChI=1S/C17H28N4S/c1-17(2,3)20-16(18-4)19-13-14-5-7-15(8-6-14)21-9-11-22-12-10-21/h5-8H,9-13H2,1-4H3,(H2,18,19,20). The number of hydrogen-bond donors (Lipinski definition) is 2. The SMILES string of the molecule is CN=C(NCc1ccc(N2CCSCC2)cc1)NC(C)(C)C. The Morgan fingerprint density at radius 2 is 1.82 bits per heavy atom. The van der Waals surface area contributed by atoms with Crippen molar-refractivity contribution >= 4 is 23.4 Å². The number of guanidine groups is 1. The van der Waals surface area contributed by atoms with Gasteiger partial charge in [-0.25, -0.2) is 0 Å². The highest BCUT2D eigenvalue weighted by atomic mass is 32.2. The molecule has 5 heteroatoms. The van der Waals surface area contributed by atoms with Crippen molar-refractivity contribution < 1.29 is 0 Å². The first-order valence-corrected chi connectivity index (χ1v) is 9.04. The minimum atomic E-state index is 0.0119. The fraction of sp³-hybridized carbons (Fsp3) is 0.588. The van der Waals surface area contributed by atoms with Crippen LogP contribution in [0.15, 0.2) is 29.3 Å². The first-order valence-electron chi connectivity index (χ1n) is 7.88. The van der Waals surface area contributed by atoms with E-state index in [4.69, 9.17) is 0 Å². The molecule has 1 aromatic carbocycles. The molecule has 122 valence electrons. The summed E-state index contributed by atoms with van der Waals surface area (Å²) in [6, 6.07) is 8.86. The van der Waals surface area contributed by atoms with Crippen LogP contribution in [0.2, 0.25) is 0 Å². The number of benzene rings is 1. The van der Waals surface area contributed by atoms with Crippen molar-refractivity contribution in [2.24, 2.45) is 4.99 Å². The molecule has 0 radical (unpaired) electrons. The van der Waals surface area contributed by atoms with Gasteiger partial charge in [0.05, 0.1) is 0 Å².